The van der Waals surface area contributed by atoms with Crippen molar-refractivity contribution in [2.45, 2.75) is 13.8 Å². The van der Waals surface area contributed by atoms with Crippen molar-refractivity contribution < 1.29 is 0 Å². The van der Waals surface area contributed by atoms with Crippen LogP contribution in [-0.2, 0) is 0 Å². The van der Waals surface area contributed by atoms with Crippen LogP contribution in [0.5, 0.6) is 0 Å². The fraction of sp³-hybridized carbons (Fsp3) is 0.111. The first-order valence-electron chi connectivity index (χ1n) is 6.65. The lowest BCUT2D eigenvalue weighted by Gasteiger charge is -2.08. The van der Waals surface area contributed by atoms with Crippen molar-refractivity contribution in [3.05, 3.63) is 59.7 Å². The molecule has 92 valence electrons. The molecule has 0 bridgehead atoms. The van der Waals surface area contributed by atoms with E-state index in [4.69, 9.17) is 0 Å². The first-order chi connectivity index (χ1) is 9.27. The quantitative estimate of drug-likeness (QED) is 0.444. The third kappa shape index (κ3) is 1.30. The number of fused-ring (bicyclic) bond motifs is 5. The van der Waals surface area contributed by atoms with Gasteiger partial charge in [0.2, 0.25) is 0 Å². The number of benzene rings is 3. The van der Waals surface area contributed by atoms with Crippen LogP contribution in [0.1, 0.15) is 11.1 Å². The van der Waals surface area contributed by atoms with Crippen molar-refractivity contribution in [2.24, 2.45) is 0 Å². The zero-order chi connectivity index (χ0) is 13.0. The Morgan fingerprint density at radius 1 is 0.684 bits per heavy atom. The average Bonchev–Trinajstić information content (AvgIpc) is 2.84. The molecule has 4 rings (SSSR count). The van der Waals surface area contributed by atoms with Gasteiger partial charge in [0.25, 0.3) is 0 Å². The number of nitrogens with one attached hydrogen (secondary N) is 1. The van der Waals surface area contributed by atoms with E-state index < -0.39 is 0 Å². The first kappa shape index (κ1) is 10.6. The molecule has 4 aromatic rings. The van der Waals surface area contributed by atoms with Crippen LogP contribution in [0.25, 0.3) is 32.6 Å². The Hall–Kier alpha value is -2.28. The summed E-state index contributed by atoms with van der Waals surface area (Å²) in [6.07, 6.45) is 0. The van der Waals surface area contributed by atoms with Gasteiger partial charge in [-0.05, 0) is 41.8 Å². The topological polar surface area (TPSA) is 15.8 Å². The minimum atomic E-state index is 1.22. The minimum Gasteiger partial charge on any atom is -0.354 e. The Balaban J connectivity index is 2.43. The van der Waals surface area contributed by atoms with Crippen LogP contribution in [0.3, 0.4) is 0 Å². The molecule has 1 aromatic heterocycles. The molecule has 0 fully saturated rings. The molecule has 0 aliphatic rings. The fourth-order valence-electron chi connectivity index (χ4n) is 3.12. The van der Waals surface area contributed by atoms with Crippen molar-refractivity contribution in [2.75, 3.05) is 0 Å². The molecule has 0 saturated carbocycles. The van der Waals surface area contributed by atoms with Gasteiger partial charge in [-0.3, -0.25) is 0 Å². The van der Waals surface area contributed by atoms with Crippen LogP contribution in [0.4, 0.5) is 0 Å². The fourth-order valence-corrected chi connectivity index (χ4v) is 3.12. The second-order valence-electron chi connectivity index (χ2n) is 5.22. The van der Waals surface area contributed by atoms with E-state index >= 15 is 0 Å². The molecule has 1 nitrogen and oxygen atoms in total. The molecular formula is C18H15N. The number of aromatic amines is 1. The largest absolute Gasteiger partial charge is 0.354 e. The summed E-state index contributed by atoms with van der Waals surface area (Å²) in [7, 11) is 0. The highest BCUT2D eigenvalue weighted by Crippen LogP contribution is 2.36. The molecule has 0 saturated heterocycles. The second kappa shape index (κ2) is 3.61. The number of aromatic nitrogens is 1. The summed E-state index contributed by atoms with van der Waals surface area (Å²) in [6, 6.07) is 17.2. The SMILES string of the molecule is Cc1c(C)c2[nH]c3ccccc3c2c2ccccc12. The van der Waals surface area contributed by atoms with Crippen molar-refractivity contribution in [1.29, 1.82) is 0 Å². The molecule has 19 heavy (non-hydrogen) atoms. The van der Waals surface area contributed by atoms with E-state index in [9.17, 15) is 0 Å². The smallest absolute Gasteiger partial charge is 0.0503 e. The lowest BCUT2D eigenvalue weighted by atomic mass is 9.96. The standard InChI is InChI=1S/C18H15N/c1-11-12(2)18-17(14-8-4-3-7-13(11)14)15-9-5-6-10-16(15)19-18/h3-10,19H,1-2H3. The zero-order valence-corrected chi connectivity index (χ0v) is 11.1. The van der Waals surface area contributed by atoms with Crippen molar-refractivity contribution in [3.8, 4) is 0 Å². The van der Waals surface area contributed by atoms with Crippen LogP contribution in [0, 0.1) is 13.8 Å². The summed E-state index contributed by atoms with van der Waals surface area (Å²) in [5.41, 5.74) is 5.22. The summed E-state index contributed by atoms with van der Waals surface area (Å²) >= 11 is 0. The van der Waals surface area contributed by atoms with Gasteiger partial charge in [0.05, 0.1) is 5.52 Å². The number of rotatable bonds is 0. The average molecular weight is 245 g/mol. The molecule has 0 spiro atoms. The monoisotopic (exact) mass is 245 g/mol. The van der Waals surface area contributed by atoms with Gasteiger partial charge in [-0.15, -0.1) is 0 Å². The molecule has 0 amide bonds. The van der Waals surface area contributed by atoms with Crippen molar-refractivity contribution in [1.82, 2.24) is 4.98 Å². The maximum absolute atomic E-state index is 3.58. The molecule has 0 aliphatic carbocycles. The number of hydrogen-bond acceptors (Lipinski definition) is 0. The molecule has 1 N–H and O–H groups in total. The molecule has 1 heterocycles. The molecule has 3 aromatic carbocycles. The normalized spacial score (nSPS) is 11.7. The summed E-state index contributed by atoms with van der Waals surface area (Å²) in [5, 5.41) is 5.38. The first-order valence-corrected chi connectivity index (χ1v) is 6.65. The number of hydrogen-bond donors (Lipinski definition) is 1. The van der Waals surface area contributed by atoms with Gasteiger partial charge < -0.3 is 4.98 Å². The van der Waals surface area contributed by atoms with E-state index in [1.54, 1.807) is 0 Å². The Kier molecular flexibility index (Phi) is 2.02. The Morgan fingerprint density at radius 3 is 2.11 bits per heavy atom. The lowest BCUT2D eigenvalue weighted by molar-refractivity contribution is 1.38. The van der Waals surface area contributed by atoms with E-state index in [-0.39, 0.29) is 0 Å². The van der Waals surface area contributed by atoms with Gasteiger partial charge in [0, 0.05) is 16.3 Å². The predicted molar refractivity (Wildman–Crippen MR) is 82.8 cm³/mol. The third-order valence-electron chi connectivity index (χ3n) is 4.24. The van der Waals surface area contributed by atoms with E-state index in [1.165, 1.54) is 43.7 Å². The molecule has 0 atom stereocenters. The van der Waals surface area contributed by atoms with Gasteiger partial charge >= 0.3 is 0 Å². The number of para-hydroxylation sites is 1. The van der Waals surface area contributed by atoms with Crippen LogP contribution in [-0.4, -0.2) is 4.98 Å². The van der Waals surface area contributed by atoms with E-state index in [0.717, 1.165) is 0 Å². The second-order valence-corrected chi connectivity index (χ2v) is 5.22. The molecular weight excluding hydrogens is 230 g/mol. The van der Waals surface area contributed by atoms with Crippen LogP contribution < -0.4 is 0 Å². The highest BCUT2D eigenvalue weighted by atomic mass is 14.7. The highest BCUT2D eigenvalue weighted by Gasteiger charge is 2.12. The van der Waals surface area contributed by atoms with Gasteiger partial charge in [0.15, 0.2) is 0 Å². The van der Waals surface area contributed by atoms with Crippen LogP contribution >= 0.6 is 0 Å². The number of aryl methyl sites for hydroxylation is 2. The summed E-state index contributed by atoms with van der Waals surface area (Å²) in [6.45, 7) is 4.42. The Morgan fingerprint density at radius 2 is 1.32 bits per heavy atom. The van der Waals surface area contributed by atoms with E-state index in [0.29, 0.717) is 0 Å². The lowest BCUT2D eigenvalue weighted by Crippen LogP contribution is -1.86. The highest BCUT2D eigenvalue weighted by molar-refractivity contribution is 6.21. The summed E-state index contributed by atoms with van der Waals surface area (Å²) < 4.78 is 0. The van der Waals surface area contributed by atoms with Gasteiger partial charge in [-0.2, -0.15) is 0 Å². The van der Waals surface area contributed by atoms with E-state index in [1.807, 2.05) is 0 Å². The molecule has 0 radical (unpaired) electrons. The van der Waals surface area contributed by atoms with Gasteiger partial charge in [-0.1, -0.05) is 42.5 Å². The maximum atomic E-state index is 3.58. The van der Waals surface area contributed by atoms with Crippen LogP contribution in [0.2, 0.25) is 0 Å². The summed E-state index contributed by atoms with van der Waals surface area (Å²) in [5.74, 6) is 0. The maximum Gasteiger partial charge on any atom is 0.0503 e. The van der Waals surface area contributed by atoms with Crippen molar-refractivity contribution >= 4 is 32.6 Å². The van der Waals surface area contributed by atoms with Gasteiger partial charge in [-0.25, -0.2) is 0 Å². The minimum absolute atomic E-state index is 1.22. The predicted octanol–water partition coefficient (Wildman–Crippen LogP) is 5.09. The third-order valence-corrected chi connectivity index (χ3v) is 4.24. The van der Waals surface area contributed by atoms with Gasteiger partial charge in [0.1, 0.15) is 0 Å². The molecule has 0 unspecified atom stereocenters. The Labute approximate surface area is 111 Å². The Bertz CT molecular complexity index is 929. The van der Waals surface area contributed by atoms with Crippen molar-refractivity contribution in [3.63, 3.8) is 0 Å². The molecule has 1 heteroatoms. The zero-order valence-electron chi connectivity index (χ0n) is 11.1. The number of H-pyrrole nitrogens is 1. The van der Waals surface area contributed by atoms with E-state index in [2.05, 4.69) is 67.4 Å². The summed E-state index contributed by atoms with van der Waals surface area (Å²) in [4.78, 5) is 3.58. The molecule has 0 aliphatic heterocycles. The van der Waals surface area contributed by atoms with Crippen LogP contribution in [0.15, 0.2) is 48.5 Å².